The summed E-state index contributed by atoms with van der Waals surface area (Å²) in [5.74, 6) is 0.817. The quantitative estimate of drug-likeness (QED) is 0.658. The highest BCUT2D eigenvalue weighted by Crippen LogP contribution is 2.22. The molecule has 0 radical (unpaired) electrons. The Morgan fingerprint density at radius 2 is 1.91 bits per heavy atom. The minimum atomic E-state index is -0.440. The number of halogens is 2. The lowest BCUT2D eigenvalue weighted by Crippen LogP contribution is -2.18. The second-order valence-electron chi connectivity index (χ2n) is 4.43. The Labute approximate surface area is 143 Å². The molecule has 0 aliphatic rings. The summed E-state index contributed by atoms with van der Waals surface area (Å²) in [6.45, 7) is 0. The zero-order valence-electron chi connectivity index (χ0n) is 12.5. The summed E-state index contributed by atoms with van der Waals surface area (Å²) in [5, 5.41) is 4.62. The lowest BCUT2D eigenvalue weighted by atomic mass is 10.2. The summed E-state index contributed by atoms with van der Waals surface area (Å²) >= 11 is 11.8. The SMILES string of the molecule is COc1ccc(OC)c(/C=N\NC(=O)c2ccc(Cl)cc2Cl)c1. The maximum atomic E-state index is 12.0. The fourth-order valence-corrected chi connectivity index (χ4v) is 2.33. The number of carbonyl (C=O) groups excluding carboxylic acids is 1. The number of rotatable bonds is 5. The topological polar surface area (TPSA) is 59.9 Å². The van der Waals surface area contributed by atoms with Crippen LogP contribution in [0.15, 0.2) is 41.5 Å². The molecule has 0 heterocycles. The summed E-state index contributed by atoms with van der Waals surface area (Å²) in [5.41, 5.74) is 3.35. The van der Waals surface area contributed by atoms with Gasteiger partial charge in [0.25, 0.3) is 5.91 Å². The molecular weight excluding hydrogens is 339 g/mol. The van der Waals surface area contributed by atoms with E-state index < -0.39 is 5.91 Å². The molecule has 0 saturated carbocycles. The molecule has 1 amide bonds. The molecule has 0 atom stereocenters. The number of amides is 1. The van der Waals surface area contributed by atoms with Gasteiger partial charge >= 0.3 is 0 Å². The number of hydrogen-bond donors (Lipinski definition) is 1. The molecule has 0 aliphatic heterocycles. The molecule has 0 aromatic heterocycles. The average Bonchev–Trinajstić information content (AvgIpc) is 2.54. The molecule has 120 valence electrons. The van der Waals surface area contributed by atoms with Crippen molar-refractivity contribution in [2.45, 2.75) is 0 Å². The van der Waals surface area contributed by atoms with Crippen LogP contribution in [0.5, 0.6) is 11.5 Å². The van der Waals surface area contributed by atoms with Gasteiger partial charge in [-0.3, -0.25) is 4.79 Å². The van der Waals surface area contributed by atoms with Crippen molar-refractivity contribution in [1.29, 1.82) is 0 Å². The number of nitrogens with zero attached hydrogens (tertiary/aromatic N) is 1. The molecule has 0 unspecified atom stereocenters. The van der Waals surface area contributed by atoms with Gasteiger partial charge in [-0.2, -0.15) is 5.10 Å². The van der Waals surface area contributed by atoms with Crippen molar-refractivity contribution in [1.82, 2.24) is 5.43 Å². The van der Waals surface area contributed by atoms with Crippen LogP contribution in [0.2, 0.25) is 10.0 Å². The van der Waals surface area contributed by atoms with Crippen molar-refractivity contribution in [3.63, 3.8) is 0 Å². The molecule has 0 spiro atoms. The van der Waals surface area contributed by atoms with Crippen LogP contribution in [-0.4, -0.2) is 26.3 Å². The number of hydrogen-bond acceptors (Lipinski definition) is 4. The first kappa shape index (κ1) is 17.1. The van der Waals surface area contributed by atoms with Gasteiger partial charge in [0.05, 0.1) is 31.0 Å². The van der Waals surface area contributed by atoms with Crippen molar-refractivity contribution >= 4 is 35.3 Å². The van der Waals surface area contributed by atoms with Crippen LogP contribution in [0.3, 0.4) is 0 Å². The summed E-state index contributed by atoms with van der Waals surface area (Å²) in [6.07, 6.45) is 1.46. The predicted octanol–water partition coefficient (Wildman–Crippen LogP) is 3.77. The second kappa shape index (κ2) is 7.85. The number of benzene rings is 2. The maximum absolute atomic E-state index is 12.0. The van der Waals surface area contributed by atoms with Crippen molar-refractivity contribution in [3.8, 4) is 11.5 Å². The third-order valence-corrected chi connectivity index (χ3v) is 3.53. The van der Waals surface area contributed by atoms with Crippen molar-refractivity contribution < 1.29 is 14.3 Å². The van der Waals surface area contributed by atoms with Crippen LogP contribution >= 0.6 is 23.2 Å². The fourth-order valence-electron chi connectivity index (χ4n) is 1.83. The van der Waals surface area contributed by atoms with E-state index in [0.717, 1.165) is 0 Å². The molecule has 2 aromatic rings. The average molecular weight is 353 g/mol. The normalized spacial score (nSPS) is 10.6. The Kier molecular flexibility index (Phi) is 5.84. The van der Waals surface area contributed by atoms with Crippen LogP contribution < -0.4 is 14.9 Å². The van der Waals surface area contributed by atoms with Crippen LogP contribution in [0.1, 0.15) is 15.9 Å². The van der Waals surface area contributed by atoms with Crippen molar-refractivity contribution in [3.05, 3.63) is 57.6 Å². The van der Waals surface area contributed by atoms with Gasteiger partial charge in [-0.15, -0.1) is 0 Å². The highest BCUT2D eigenvalue weighted by Gasteiger charge is 2.10. The van der Waals surface area contributed by atoms with Crippen molar-refractivity contribution in [2.24, 2.45) is 5.10 Å². The number of carbonyl (C=O) groups is 1. The second-order valence-corrected chi connectivity index (χ2v) is 5.27. The number of hydrazone groups is 1. The molecule has 2 rings (SSSR count). The highest BCUT2D eigenvalue weighted by atomic mass is 35.5. The molecule has 0 aliphatic carbocycles. The first-order valence-corrected chi connectivity index (χ1v) is 7.31. The van der Waals surface area contributed by atoms with Crippen LogP contribution in [0, 0.1) is 0 Å². The van der Waals surface area contributed by atoms with E-state index in [2.05, 4.69) is 10.5 Å². The standard InChI is InChI=1S/C16H14Cl2N2O3/c1-22-12-4-6-15(23-2)10(7-12)9-19-20-16(21)13-5-3-11(17)8-14(13)18/h3-9H,1-2H3,(H,20,21)/b19-9-. The van der Waals surface area contributed by atoms with Gasteiger partial charge in [0.1, 0.15) is 11.5 Å². The van der Waals surface area contributed by atoms with Crippen molar-refractivity contribution in [2.75, 3.05) is 14.2 Å². The molecule has 5 nitrogen and oxygen atoms in total. The summed E-state index contributed by atoms with van der Waals surface area (Å²) in [7, 11) is 3.11. The molecule has 0 fully saturated rings. The van der Waals surface area contributed by atoms with Crippen LogP contribution in [-0.2, 0) is 0 Å². The first-order chi connectivity index (χ1) is 11.0. The number of methoxy groups -OCH3 is 2. The van der Waals surface area contributed by atoms with Crippen LogP contribution in [0.4, 0.5) is 0 Å². The molecule has 2 aromatic carbocycles. The highest BCUT2D eigenvalue weighted by molar-refractivity contribution is 6.36. The van der Waals surface area contributed by atoms with E-state index in [4.69, 9.17) is 32.7 Å². The van der Waals surface area contributed by atoms with Gasteiger partial charge in [-0.05, 0) is 36.4 Å². The molecular formula is C16H14Cl2N2O3. The Hall–Kier alpha value is -2.24. The van der Waals surface area contributed by atoms with Gasteiger partial charge in [0, 0.05) is 10.6 Å². The van der Waals surface area contributed by atoms with Gasteiger partial charge in [-0.25, -0.2) is 5.43 Å². The largest absolute Gasteiger partial charge is 0.497 e. The van der Waals surface area contributed by atoms with E-state index in [9.17, 15) is 4.79 Å². The smallest absolute Gasteiger partial charge is 0.272 e. The lowest BCUT2D eigenvalue weighted by molar-refractivity contribution is 0.0955. The zero-order chi connectivity index (χ0) is 16.8. The Bertz CT molecular complexity index is 748. The molecule has 0 bridgehead atoms. The number of nitrogens with one attached hydrogen (secondary N) is 1. The Morgan fingerprint density at radius 1 is 1.13 bits per heavy atom. The van der Waals surface area contributed by atoms with E-state index >= 15 is 0 Å². The lowest BCUT2D eigenvalue weighted by Gasteiger charge is -2.07. The molecule has 23 heavy (non-hydrogen) atoms. The van der Waals surface area contributed by atoms with Gasteiger partial charge in [-0.1, -0.05) is 23.2 Å². The third kappa shape index (κ3) is 4.37. The monoisotopic (exact) mass is 352 g/mol. The third-order valence-electron chi connectivity index (χ3n) is 2.98. The van der Waals surface area contributed by atoms with E-state index in [1.165, 1.54) is 18.3 Å². The van der Waals surface area contributed by atoms with Crippen LogP contribution in [0.25, 0.3) is 0 Å². The van der Waals surface area contributed by atoms with E-state index in [1.54, 1.807) is 38.5 Å². The van der Waals surface area contributed by atoms with Gasteiger partial charge < -0.3 is 9.47 Å². The first-order valence-electron chi connectivity index (χ1n) is 6.55. The fraction of sp³-hybridized carbons (Fsp3) is 0.125. The number of ether oxygens (including phenoxy) is 2. The minimum Gasteiger partial charge on any atom is -0.497 e. The minimum absolute atomic E-state index is 0.254. The molecule has 0 saturated heterocycles. The summed E-state index contributed by atoms with van der Waals surface area (Å²) in [6, 6.07) is 9.86. The van der Waals surface area contributed by atoms with E-state index in [-0.39, 0.29) is 10.6 Å². The Balaban J connectivity index is 2.13. The zero-order valence-corrected chi connectivity index (χ0v) is 14.0. The van der Waals surface area contributed by atoms with E-state index in [1.807, 2.05) is 0 Å². The molecule has 7 heteroatoms. The molecule has 1 N–H and O–H groups in total. The summed E-state index contributed by atoms with van der Waals surface area (Å²) < 4.78 is 10.4. The van der Waals surface area contributed by atoms with Gasteiger partial charge in [0.2, 0.25) is 0 Å². The van der Waals surface area contributed by atoms with Gasteiger partial charge in [0.15, 0.2) is 0 Å². The Morgan fingerprint density at radius 3 is 2.57 bits per heavy atom. The predicted molar refractivity (Wildman–Crippen MR) is 91.1 cm³/mol. The van der Waals surface area contributed by atoms with E-state index in [0.29, 0.717) is 22.1 Å². The maximum Gasteiger partial charge on any atom is 0.272 e. The summed E-state index contributed by atoms with van der Waals surface area (Å²) in [4.78, 5) is 12.0.